The number of pyridine rings is 1. The van der Waals surface area contributed by atoms with E-state index < -0.39 is 41.0 Å². The Labute approximate surface area is 198 Å². The zero-order valence-corrected chi connectivity index (χ0v) is 18.7. The molecule has 1 fully saturated rings. The lowest BCUT2D eigenvalue weighted by molar-refractivity contribution is -0.141. The number of carbonyl (C=O) groups is 1. The van der Waals surface area contributed by atoms with Gasteiger partial charge in [-0.05, 0) is 29.8 Å². The molecule has 4 rings (SSSR count). The molecule has 0 N–H and O–H groups in total. The number of anilines is 1. The Morgan fingerprint density at radius 1 is 1.09 bits per heavy atom. The average molecular weight is 515 g/mol. The lowest BCUT2D eigenvalue weighted by Crippen LogP contribution is -2.49. The fourth-order valence-corrected chi connectivity index (χ4v) is 4.40. The highest BCUT2D eigenvalue weighted by atomic mass is 32.2. The second-order valence-electron chi connectivity index (χ2n) is 7.53. The van der Waals surface area contributed by atoms with E-state index in [9.17, 15) is 31.0 Å². The number of hydrogen-bond acceptors (Lipinski definition) is 6. The van der Waals surface area contributed by atoms with E-state index in [0.29, 0.717) is 11.1 Å². The van der Waals surface area contributed by atoms with Gasteiger partial charge in [0.25, 0.3) is 5.89 Å². The first-order valence-corrected chi connectivity index (χ1v) is 11.8. The molecule has 0 spiro atoms. The first-order chi connectivity index (χ1) is 16.6. The Morgan fingerprint density at radius 3 is 2.37 bits per heavy atom. The van der Waals surface area contributed by atoms with Gasteiger partial charge in [-0.25, -0.2) is 9.78 Å². The molecule has 8 nitrogen and oxygen atoms in total. The molecule has 0 saturated carbocycles. The number of hydrogen-bond donors (Lipinski definition) is 0. The molecule has 35 heavy (non-hydrogen) atoms. The number of aromatic nitrogens is 3. The Morgan fingerprint density at radius 2 is 1.77 bits per heavy atom. The van der Waals surface area contributed by atoms with E-state index in [1.165, 1.54) is 23.1 Å². The molecule has 0 unspecified atom stereocenters. The molecular weight excluding hydrogens is 497 g/mol. The molecule has 3 aromatic rings. The van der Waals surface area contributed by atoms with Gasteiger partial charge in [0.05, 0.1) is 6.54 Å². The summed E-state index contributed by atoms with van der Waals surface area (Å²) < 4.78 is 81.7. The minimum absolute atomic E-state index is 0.124. The summed E-state index contributed by atoms with van der Waals surface area (Å²) in [6, 6.07) is 8.82. The number of urea groups is 1. The number of amides is 2. The summed E-state index contributed by atoms with van der Waals surface area (Å²) in [5.41, 5.74) is -0.272. The zero-order valence-electron chi connectivity index (χ0n) is 17.9. The van der Waals surface area contributed by atoms with Crippen molar-refractivity contribution in [3.05, 3.63) is 59.6 Å². The molecule has 0 atom stereocenters. The quantitative estimate of drug-likeness (QED) is 0.471. The summed E-state index contributed by atoms with van der Waals surface area (Å²) in [4.78, 5) is 19.4. The fraction of sp³-hybridized carbons (Fsp3) is 0.333. The van der Waals surface area contributed by atoms with Crippen LogP contribution in [0, 0.1) is 0 Å². The lowest BCUT2D eigenvalue weighted by Gasteiger charge is -2.32. The first kappa shape index (κ1) is 24.7. The molecular formula is C21H18F5N5O3S. The molecule has 1 aliphatic rings. The molecule has 0 aliphatic carbocycles. The third kappa shape index (κ3) is 5.81. The molecule has 1 aromatic carbocycles. The van der Waals surface area contributed by atoms with Crippen LogP contribution in [0.5, 0.6) is 0 Å². The Kier molecular flexibility index (Phi) is 7.10. The highest BCUT2D eigenvalue weighted by Gasteiger charge is 2.34. The van der Waals surface area contributed by atoms with Crippen LogP contribution < -0.4 is 4.90 Å². The van der Waals surface area contributed by atoms with Crippen LogP contribution in [0.4, 0.5) is 32.6 Å². The van der Waals surface area contributed by atoms with Crippen LogP contribution in [0.3, 0.4) is 0 Å². The minimum atomic E-state index is -4.70. The monoisotopic (exact) mass is 515 g/mol. The standard InChI is InChI=1S/C21H18F5N5O3S/c22-17(23)19-29-28-18(34-19)14-6-4-13(5-7-14)12-31(20(32)30-8-10-35(33)11-9-30)16-3-1-2-15(27-16)21(24,25)26/h1-7,17H,8-12H2. The van der Waals surface area contributed by atoms with E-state index in [4.69, 9.17) is 4.42 Å². The van der Waals surface area contributed by atoms with E-state index in [1.54, 1.807) is 12.1 Å². The van der Waals surface area contributed by atoms with Crippen molar-refractivity contribution >= 4 is 22.6 Å². The summed E-state index contributed by atoms with van der Waals surface area (Å²) in [5, 5.41) is 6.83. The van der Waals surface area contributed by atoms with E-state index in [2.05, 4.69) is 15.2 Å². The van der Waals surface area contributed by atoms with Crippen LogP contribution in [0.1, 0.15) is 23.6 Å². The molecule has 2 amide bonds. The summed E-state index contributed by atoms with van der Waals surface area (Å²) in [6.07, 6.45) is -7.61. The molecule has 1 saturated heterocycles. The highest BCUT2D eigenvalue weighted by molar-refractivity contribution is 7.85. The van der Waals surface area contributed by atoms with Crippen LogP contribution >= 0.6 is 0 Å². The topological polar surface area (TPSA) is 92.4 Å². The van der Waals surface area contributed by atoms with E-state index in [1.807, 2.05) is 0 Å². The number of carbonyl (C=O) groups excluding carboxylic acids is 1. The smallest absolute Gasteiger partial charge is 0.415 e. The Balaban J connectivity index is 1.61. The van der Waals surface area contributed by atoms with Gasteiger partial charge in [0.1, 0.15) is 11.5 Å². The largest absolute Gasteiger partial charge is 0.433 e. The lowest BCUT2D eigenvalue weighted by atomic mass is 10.1. The maximum absolute atomic E-state index is 13.3. The molecule has 14 heteroatoms. The molecule has 2 aromatic heterocycles. The minimum Gasteiger partial charge on any atom is -0.415 e. The second-order valence-corrected chi connectivity index (χ2v) is 9.22. The number of benzene rings is 1. The van der Waals surface area contributed by atoms with E-state index in [-0.39, 0.29) is 42.8 Å². The van der Waals surface area contributed by atoms with Crippen LogP contribution in [0.15, 0.2) is 46.9 Å². The van der Waals surface area contributed by atoms with Gasteiger partial charge in [0, 0.05) is 41.0 Å². The van der Waals surface area contributed by atoms with E-state index >= 15 is 0 Å². The highest BCUT2D eigenvalue weighted by Crippen LogP contribution is 2.30. The van der Waals surface area contributed by atoms with Crippen molar-refractivity contribution in [3.63, 3.8) is 0 Å². The maximum Gasteiger partial charge on any atom is 0.433 e. The number of rotatable bonds is 5. The van der Waals surface area contributed by atoms with Crippen LogP contribution in [0.2, 0.25) is 0 Å². The van der Waals surface area contributed by atoms with Gasteiger partial charge in [-0.2, -0.15) is 22.0 Å². The predicted molar refractivity (Wildman–Crippen MR) is 115 cm³/mol. The fourth-order valence-electron chi connectivity index (χ4n) is 3.35. The third-order valence-corrected chi connectivity index (χ3v) is 6.43. The normalized spacial score (nSPS) is 15.0. The van der Waals surface area contributed by atoms with Crippen molar-refractivity contribution < 1.29 is 35.4 Å². The van der Waals surface area contributed by atoms with Crippen molar-refractivity contribution in [1.82, 2.24) is 20.1 Å². The van der Waals surface area contributed by atoms with Gasteiger partial charge in [0.15, 0.2) is 0 Å². The van der Waals surface area contributed by atoms with Crippen molar-refractivity contribution in [2.45, 2.75) is 19.1 Å². The van der Waals surface area contributed by atoms with Crippen molar-refractivity contribution in [2.24, 2.45) is 0 Å². The zero-order chi connectivity index (χ0) is 25.2. The third-order valence-electron chi connectivity index (χ3n) is 5.15. The summed E-state index contributed by atoms with van der Waals surface area (Å²) in [5.74, 6) is -0.594. The number of nitrogens with zero attached hydrogens (tertiary/aromatic N) is 5. The van der Waals surface area contributed by atoms with Crippen LogP contribution in [0.25, 0.3) is 11.5 Å². The van der Waals surface area contributed by atoms with Crippen LogP contribution in [-0.2, 0) is 23.5 Å². The molecule has 186 valence electrons. The number of halogens is 5. The van der Waals surface area contributed by atoms with Crippen LogP contribution in [-0.4, -0.2) is 54.9 Å². The predicted octanol–water partition coefficient (Wildman–Crippen LogP) is 4.28. The molecule has 3 heterocycles. The van der Waals surface area contributed by atoms with Crippen molar-refractivity contribution in [3.8, 4) is 11.5 Å². The van der Waals surface area contributed by atoms with Gasteiger partial charge >= 0.3 is 18.6 Å². The first-order valence-electron chi connectivity index (χ1n) is 10.3. The van der Waals surface area contributed by atoms with Crippen molar-refractivity contribution in [1.29, 1.82) is 0 Å². The van der Waals surface area contributed by atoms with Gasteiger partial charge in [0.2, 0.25) is 5.89 Å². The molecule has 1 aliphatic heterocycles. The Bertz CT molecular complexity index is 1210. The maximum atomic E-state index is 13.3. The van der Waals surface area contributed by atoms with Gasteiger partial charge in [-0.3, -0.25) is 9.11 Å². The summed E-state index contributed by atoms with van der Waals surface area (Å²) >= 11 is 0. The second kappa shape index (κ2) is 10.1. The molecule has 0 bridgehead atoms. The van der Waals surface area contributed by atoms with Gasteiger partial charge in [-0.15, -0.1) is 10.2 Å². The summed E-state index contributed by atoms with van der Waals surface area (Å²) in [6.45, 7) is 0.270. The SMILES string of the molecule is O=C(N1CCS(=O)CC1)N(Cc1ccc(-c2nnc(C(F)F)o2)cc1)c1cccc(C(F)(F)F)n1. The van der Waals surface area contributed by atoms with Crippen molar-refractivity contribution in [2.75, 3.05) is 29.5 Å². The molecule has 0 radical (unpaired) electrons. The van der Waals surface area contributed by atoms with Gasteiger partial charge in [-0.1, -0.05) is 18.2 Å². The number of alkyl halides is 5. The van der Waals surface area contributed by atoms with E-state index in [0.717, 1.165) is 17.0 Å². The Hall–Kier alpha value is -3.42. The summed E-state index contributed by atoms with van der Waals surface area (Å²) in [7, 11) is -1.05. The van der Waals surface area contributed by atoms with Gasteiger partial charge < -0.3 is 9.32 Å². The average Bonchev–Trinajstić information content (AvgIpc) is 3.33.